The van der Waals surface area contributed by atoms with Gasteiger partial charge in [0, 0.05) is 37.2 Å². The molecule has 3 aromatic heterocycles. The monoisotopic (exact) mass is 541 g/mol. The zero-order valence-electron chi connectivity index (χ0n) is 21.6. The third kappa shape index (κ3) is 2.78. The van der Waals surface area contributed by atoms with Crippen molar-refractivity contribution in [1.29, 1.82) is 0 Å². The highest BCUT2D eigenvalue weighted by atomic mass is 32.1. The van der Waals surface area contributed by atoms with Crippen molar-refractivity contribution in [2.24, 2.45) is 0 Å². The summed E-state index contributed by atoms with van der Waals surface area (Å²) in [5, 5.41) is 8.12. The fraction of sp³-hybridized carbons (Fsp3) is 0. The van der Waals surface area contributed by atoms with Gasteiger partial charge in [-0.15, -0.1) is 11.3 Å². The van der Waals surface area contributed by atoms with Crippen LogP contribution in [0.3, 0.4) is 0 Å². The molecule has 0 aliphatic carbocycles. The molecule has 1 aliphatic heterocycles. The molecule has 41 heavy (non-hydrogen) atoms. The van der Waals surface area contributed by atoms with Crippen LogP contribution in [0.15, 0.2) is 115 Å². The van der Waals surface area contributed by atoms with Gasteiger partial charge in [0.1, 0.15) is 11.5 Å². The Balaban J connectivity index is 1.37. The minimum Gasteiger partial charge on any atom is -0.455 e. The number of fused-ring (bicyclic) bond motifs is 11. The smallest absolute Gasteiger partial charge is 0.235 e. The lowest BCUT2D eigenvalue weighted by atomic mass is 9.98. The predicted octanol–water partition coefficient (Wildman–Crippen LogP) is 10.0. The van der Waals surface area contributed by atoms with Crippen LogP contribution in [0.5, 0.6) is 11.5 Å². The average molecular weight is 542 g/mol. The maximum atomic E-state index is 6.54. The van der Waals surface area contributed by atoms with Crippen LogP contribution in [-0.4, -0.2) is 14.5 Å². The van der Waals surface area contributed by atoms with Gasteiger partial charge in [-0.2, -0.15) is 0 Å². The molecule has 1 aliphatic rings. The van der Waals surface area contributed by atoms with Crippen molar-refractivity contribution >= 4 is 75.0 Å². The molecule has 4 nitrogen and oxygen atoms in total. The van der Waals surface area contributed by atoms with E-state index in [0.29, 0.717) is 5.95 Å². The van der Waals surface area contributed by atoms with E-state index in [1.165, 1.54) is 30.9 Å². The second-order valence-electron chi connectivity index (χ2n) is 10.6. The first-order valence-electron chi connectivity index (χ1n) is 13.7. The van der Waals surface area contributed by atoms with Gasteiger partial charge in [0.2, 0.25) is 5.95 Å². The third-order valence-corrected chi connectivity index (χ3v) is 9.59. The highest BCUT2D eigenvalue weighted by Gasteiger charge is 2.26. The maximum absolute atomic E-state index is 6.54. The number of benzene rings is 6. The van der Waals surface area contributed by atoms with E-state index >= 15 is 0 Å². The quantitative estimate of drug-likeness (QED) is 0.208. The Morgan fingerprint density at radius 2 is 1.41 bits per heavy atom. The molecule has 10 rings (SSSR count). The first-order chi connectivity index (χ1) is 20.3. The Morgan fingerprint density at radius 3 is 2.37 bits per heavy atom. The third-order valence-electron chi connectivity index (χ3n) is 8.40. The second-order valence-corrected chi connectivity index (χ2v) is 11.6. The van der Waals surface area contributed by atoms with Crippen molar-refractivity contribution in [3.63, 3.8) is 0 Å². The van der Waals surface area contributed by atoms with E-state index in [0.717, 1.165) is 55.5 Å². The molecule has 0 radical (unpaired) electrons. The summed E-state index contributed by atoms with van der Waals surface area (Å²) in [4.78, 5) is 10.6. The molecule has 9 aromatic rings. The molecule has 0 atom stereocenters. The van der Waals surface area contributed by atoms with Crippen LogP contribution in [0, 0.1) is 0 Å². The van der Waals surface area contributed by atoms with Crippen molar-refractivity contribution in [1.82, 2.24) is 14.5 Å². The van der Waals surface area contributed by atoms with Gasteiger partial charge in [0.05, 0.1) is 32.3 Å². The first-order valence-corrected chi connectivity index (χ1v) is 14.5. The van der Waals surface area contributed by atoms with Gasteiger partial charge in [-0.3, -0.25) is 4.57 Å². The molecule has 0 bridgehead atoms. The minimum absolute atomic E-state index is 0.668. The van der Waals surface area contributed by atoms with Gasteiger partial charge in [0.25, 0.3) is 0 Å². The van der Waals surface area contributed by atoms with Crippen molar-refractivity contribution in [3.8, 4) is 28.7 Å². The normalized spacial score (nSPS) is 12.6. The van der Waals surface area contributed by atoms with E-state index < -0.39 is 0 Å². The number of para-hydroxylation sites is 1. The number of ether oxygens (including phenoxy) is 1. The molecule has 0 fully saturated rings. The Morgan fingerprint density at radius 1 is 0.610 bits per heavy atom. The Hall–Kier alpha value is -5.26. The second kappa shape index (κ2) is 7.68. The summed E-state index contributed by atoms with van der Waals surface area (Å²) < 4.78 is 11.3. The van der Waals surface area contributed by atoms with Crippen LogP contribution in [-0.2, 0) is 0 Å². The van der Waals surface area contributed by atoms with E-state index in [2.05, 4.69) is 108 Å². The van der Waals surface area contributed by atoms with Crippen molar-refractivity contribution in [3.05, 3.63) is 115 Å². The van der Waals surface area contributed by atoms with Crippen LogP contribution in [0.25, 0.3) is 80.9 Å². The minimum atomic E-state index is 0.668. The fourth-order valence-electron chi connectivity index (χ4n) is 6.61. The van der Waals surface area contributed by atoms with Crippen LogP contribution in [0.2, 0.25) is 0 Å². The number of aromatic nitrogens is 3. The van der Waals surface area contributed by atoms with Gasteiger partial charge >= 0.3 is 0 Å². The lowest BCUT2D eigenvalue weighted by molar-refractivity contribution is 0.492. The van der Waals surface area contributed by atoms with Crippen molar-refractivity contribution < 1.29 is 4.74 Å². The maximum Gasteiger partial charge on any atom is 0.235 e. The van der Waals surface area contributed by atoms with Gasteiger partial charge in [-0.05, 0) is 35.7 Å². The Labute approximate surface area is 237 Å². The summed E-state index contributed by atoms with van der Waals surface area (Å²) in [6, 6.07) is 40.5. The predicted molar refractivity (Wildman–Crippen MR) is 170 cm³/mol. The number of rotatable bonds is 1. The Kier molecular flexibility index (Phi) is 4.04. The van der Waals surface area contributed by atoms with Crippen molar-refractivity contribution in [2.75, 3.05) is 0 Å². The summed E-state index contributed by atoms with van der Waals surface area (Å²) in [6.07, 6.45) is 0. The Bertz CT molecular complexity index is 2580. The van der Waals surface area contributed by atoms with Gasteiger partial charge < -0.3 is 4.74 Å². The first kappa shape index (κ1) is 21.5. The van der Waals surface area contributed by atoms with E-state index in [4.69, 9.17) is 14.7 Å². The highest BCUT2D eigenvalue weighted by molar-refractivity contribution is 7.26. The number of hydrogen-bond acceptors (Lipinski definition) is 4. The number of hydrogen-bond donors (Lipinski definition) is 0. The van der Waals surface area contributed by atoms with Crippen LogP contribution in [0.4, 0.5) is 0 Å². The molecule has 0 N–H and O–H groups in total. The molecule has 0 spiro atoms. The van der Waals surface area contributed by atoms with Gasteiger partial charge in [0.15, 0.2) is 0 Å². The van der Waals surface area contributed by atoms with Crippen LogP contribution in [0.1, 0.15) is 0 Å². The lowest BCUT2D eigenvalue weighted by Crippen LogP contribution is -2.06. The van der Waals surface area contributed by atoms with Crippen LogP contribution >= 0.6 is 11.3 Å². The molecule has 0 saturated heterocycles. The highest BCUT2D eigenvalue weighted by Crippen LogP contribution is 2.49. The van der Waals surface area contributed by atoms with E-state index in [-0.39, 0.29) is 0 Å². The summed E-state index contributed by atoms with van der Waals surface area (Å²) in [5.74, 6) is 2.31. The molecular formula is C36H19N3OS. The van der Waals surface area contributed by atoms with E-state index in [1.54, 1.807) is 0 Å². The summed E-state index contributed by atoms with van der Waals surface area (Å²) in [5.41, 5.74) is 5.01. The summed E-state index contributed by atoms with van der Waals surface area (Å²) >= 11 is 1.84. The number of nitrogens with zero attached hydrogens (tertiary/aromatic N) is 3. The zero-order chi connectivity index (χ0) is 26.7. The molecule has 0 saturated carbocycles. The molecule has 0 unspecified atom stereocenters. The molecule has 6 aromatic carbocycles. The largest absolute Gasteiger partial charge is 0.455 e. The molecule has 4 heterocycles. The van der Waals surface area contributed by atoms with Gasteiger partial charge in [-0.25, -0.2) is 9.97 Å². The molecule has 0 amide bonds. The molecule has 190 valence electrons. The molecular weight excluding hydrogens is 522 g/mol. The topological polar surface area (TPSA) is 39.9 Å². The number of thiophene rings is 1. The van der Waals surface area contributed by atoms with E-state index in [1.807, 2.05) is 23.5 Å². The van der Waals surface area contributed by atoms with Crippen molar-refractivity contribution in [2.45, 2.75) is 0 Å². The molecule has 5 heteroatoms. The van der Waals surface area contributed by atoms with Gasteiger partial charge in [-0.1, -0.05) is 84.9 Å². The van der Waals surface area contributed by atoms with E-state index in [9.17, 15) is 0 Å². The summed E-state index contributed by atoms with van der Waals surface area (Å²) in [6.45, 7) is 0. The standard InChI is InChI=1S/C36H19N3OS/c1-2-9-21-20(8-1)16-17-26-32-31-27(12-7-14-29(31)40-34(21)26)37-36(38-32)39-28-13-5-3-10-22(28)24-18-19-25-23-11-4-6-15-30(23)41-35(25)33(24)39/h1-19H. The summed E-state index contributed by atoms with van der Waals surface area (Å²) in [7, 11) is 0. The fourth-order valence-corrected chi connectivity index (χ4v) is 7.85. The average Bonchev–Trinajstić information content (AvgIpc) is 3.57. The van der Waals surface area contributed by atoms with Crippen LogP contribution < -0.4 is 4.74 Å². The lowest BCUT2D eigenvalue weighted by Gasteiger charge is -2.22. The zero-order valence-corrected chi connectivity index (χ0v) is 22.4. The SMILES string of the molecule is c1ccc2c3c(ccc2c1)-c1nc(-n2c4ccccc4c4ccc5c6ccccc6sc5c42)nc2cccc(c12)O3.